The number of benzene rings is 1. The van der Waals surface area contributed by atoms with Crippen molar-refractivity contribution < 1.29 is 9.18 Å². The van der Waals surface area contributed by atoms with E-state index in [2.05, 4.69) is 23.9 Å². The molecule has 3 rings (SSSR count). The van der Waals surface area contributed by atoms with E-state index in [1.807, 2.05) is 12.2 Å². The first kappa shape index (κ1) is 19.0. The van der Waals surface area contributed by atoms with Gasteiger partial charge in [-0.15, -0.1) is 0 Å². The maximum absolute atomic E-state index is 13.5. The van der Waals surface area contributed by atoms with Crippen LogP contribution in [-0.2, 0) is 17.9 Å². The molecule has 3 N–H and O–H groups in total. The number of aryl methyl sites for hydroxylation is 1. The summed E-state index contributed by atoms with van der Waals surface area (Å²) in [6, 6.07) is 5.68. The molecule has 2 heterocycles. The molecule has 27 heavy (non-hydrogen) atoms. The van der Waals surface area contributed by atoms with Crippen LogP contribution in [0.4, 0.5) is 10.1 Å². The molecule has 0 spiro atoms. The van der Waals surface area contributed by atoms with Crippen molar-refractivity contribution >= 4 is 28.5 Å². The maximum atomic E-state index is 13.5. The lowest BCUT2D eigenvalue weighted by molar-refractivity contribution is 0.101. The van der Waals surface area contributed by atoms with Gasteiger partial charge in [0.2, 0.25) is 0 Å². The Balaban J connectivity index is 1.97. The van der Waals surface area contributed by atoms with Gasteiger partial charge in [0.1, 0.15) is 17.6 Å². The standard InChI is InChI=1S/C19H20FN5OS/c1-11(2)16-7-5-14-17(27(22)24-16)10-25(3)18(14)19(26)23-13-4-6-15(20)12(8-13)9-21/h4-8,10-11,16H,1-3H3,(H2,22,24)(H,23,26). The summed E-state index contributed by atoms with van der Waals surface area (Å²) in [5.41, 5.74) is 1.33. The Morgan fingerprint density at radius 1 is 1.48 bits per heavy atom. The van der Waals surface area contributed by atoms with Crippen molar-refractivity contribution in [2.75, 3.05) is 5.32 Å². The second kappa shape index (κ2) is 7.47. The van der Waals surface area contributed by atoms with Crippen molar-refractivity contribution in [3.05, 3.63) is 53.1 Å². The largest absolute Gasteiger partial charge is 0.345 e. The number of nitrogens with one attached hydrogen (secondary N) is 3. The highest BCUT2D eigenvalue weighted by atomic mass is 32.2. The van der Waals surface area contributed by atoms with Crippen LogP contribution in [0.2, 0.25) is 0 Å². The summed E-state index contributed by atoms with van der Waals surface area (Å²) < 4.78 is 26.9. The van der Waals surface area contributed by atoms with E-state index in [0.717, 1.165) is 11.0 Å². The molecule has 1 aliphatic rings. The minimum absolute atomic E-state index is 0.0507. The summed E-state index contributed by atoms with van der Waals surface area (Å²) in [6.07, 6.45) is 5.65. The second-order valence-electron chi connectivity index (χ2n) is 6.68. The Morgan fingerprint density at radius 2 is 2.22 bits per heavy atom. The fourth-order valence-corrected chi connectivity index (χ4v) is 4.30. The van der Waals surface area contributed by atoms with Crippen molar-refractivity contribution in [3.63, 3.8) is 0 Å². The third kappa shape index (κ3) is 3.70. The van der Waals surface area contributed by atoms with Gasteiger partial charge in [0.15, 0.2) is 0 Å². The SMILES string of the molecule is CC(C)C1C=Cc2c(cn(C)c2C(=O)Nc2ccc(F)c(C#N)c2)S(=N)N1. The smallest absolute Gasteiger partial charge is 0.272 e. The fraction of sp³-hybridized carbons (Fsp3) is 0.263. The number of halogens is 1. The molecule has 0 saturated carbocycles. The minimum Gasteiger partial charge on any atom is -0.345 e. The Labute approximate surface area is 159 Å². The van der Waals surface area contributed by atoms with E-state index in [0.29, 0.717) is 22.9 Å². The van der Waals surface area contributed by atoms with E-state index in [4.69, 9.17) is 10.0 Å². The Hall–Kier alpha value is -2.76. The monoisotopic (exact) mass is 385 g/mol. The van der Waals surface area contributed by atoms with Crippen LogP contribution in [0.1, 0.15) is 35.5 Å². The average molecular weight is 385 g/mol. The molecular formula is C19H20FN5OS. The number of hydrogen-bond acceptors (Lipinski definition) is 3. The number of nitriles is 1. The van der Waals surface area contributed by atoms with Crippen molar-refractivity contribution in [1.82, 2.24) is 9.29 Å². The molecule has 1 aliphatic heterocycles. The van der Waals surface area contributed by atoms with Crippen LogP contribution >= 0.6 is 0 Å². The third-order valence-electron chi connectivity index (χ3n) is 4.41. The summed E-state index contributed by atoms with van der Waals surface area (Å²) in [5, 5.41) is 11.7. The molecular weight excluding hydrogens is 365 g/mol. The second-order valence-corrected chi connectivity index (χ2v) is 7.97. The zero-order valence-electron chi connectivity index (χ0n) is 15.2. The summed E-state index contributed by atoms with van der Waals surface area (Å²) in [5.74, 6) is -0.686. The summed E-state index contributed by atoms with van der Waals surface area (Å²) in [7, 11) is 0.800. The van der Waals surface area contributed by atoms with Crippen molar-refractivity contribution in [1.29, 1.82) is 10.0 Å². The van der Waals surface area contributed by atoms with E-state index < -0.39 is 16.7 Å². The van der Waals surface area contributed by atoms with Crippen LogP contribution in [0.15, 0.2) is 35.4 Å². The lowest BCUT2D eigenvalue weighted by Crippen LogP contribution is -2.32. The number of anilines is 1. The predicted molar refractivity (Wildman–Crippen MR) is 104 cm³/mol. The number of amides is 1. The first-order valence-electron chi connectivity index (χ1n) is 8.42. The van der Waals surface area contributed by atoms with Crippen LogP contribution in [0, 0.1) is 27.8 Å². The first-order valence-corrected chi connectivity index (χ1v) is 9.64. The van der Waals surface area contributed by atoms with Crippen LogP contribution in [0.3, 0.4) is 0 Å². The molecule has 2 unspecified atom stereocenters. The normalized spacial score (nSPS) is 18.7. The number of nitrogens with zero attached hydrogens (tertiary/aromatic N) is 2. The number of rotatable bonds is 3. The molecule has 2 aromatic rings. The molecule has 140 valence electrons. The third-order valence-corrected chi connectivity index (χ3v) is 5.68. The molecule has 1 amide bonds. The molecule has 0 aliphatic carbocycles. The fourth-order valence-electron chi connectivity index (χ4n) is 2.90. The molecule has 8 heteroatoms. The lowest BCUT2D eigenvalue weighted by atomic mass is 10.0. The minimum atomic E-state index is -0.950. The maximum Gasteiger partial charge on any atom is 0.272 e. The van der Waals surface area contributed by atoms with E-state index >= 15 is 0 Å². The number of aromatic nitrogens is 1. The number of carbonyl (C=O) groups is 1. The van der Waals surface area contributed by atoms with Crippen LogP contribution in [0.25, 0.3) is 6.08 Å². The molecule has 1 aromatic heterocycles. The summed E-state index contributed by atoms with van der Waals surface area (Å²) in [6.45, 7) is 4.15. The number of fused-ring (bicyclic) bond motifs is 1. The van der Waals surface area contributed by atoms with Gasteiger partial charge in [-0.25, -0.2) is 9.11 Å². The molecule has 6 nitrogen and oxygen atoms in total. The van der Waals surface area contributed by atoms with E-state index in [9.17, 15) is 9.18 Å². The Kier molecular flexibility index (Phi) is 5.26. The summed E-state index contributed by atoms with van der Waals surface area (Å²) in [4.78, 5) is 13.6. The highest BCUT2D eigenvalue weighted by Crippen LogP contribution is 2.27. The topological polar surface area (TPSA) is 93.7 Å². The van der Waals surface area contributed by atoms with E-state index in [1.54, 1.807) is 23.9 Å². The van der Waals surface area contributed by atoms with Gasteiger partial charge in [-0.2, -0.15) is 5.26 Å². The molecule has 0 bridgehead atoms. The molecule has 0 radical (unpaired) electrons. The zero-order chi connectivity index (χ0) is 19.7. The van der Waals surface area contributed by atoms with Gasteiger partial charge in [0.25, 0.3) is 5.91 Å². The highest BCUT2D eigenvalue weighted by molar-refractivity contribution is 7.84. The van der Waals surface area contributed by atoms with Gasteiger partial charge in [-0.1, -0.05) is 26.0 Å². The van der Waals surface area contributed by atoms with E-state index in [1.165, 1.54) is 12.1 Å². The molecule has 1 aromatic carbocycles. The predicted octanol–water partition coefficient (Wildman–Crippen LogP) is 3.58. The van der Waals surface area contributed by atoms with Crippen molar-refractivity contribution in [3.8, 4) is 6.07 Å². The number of hydrogen-bond donors (Lipinski definition) is 3. The highest BCUT2D eigenvalue weighted by Gasteiger charge is 2.25. The zero-order valence-corrected chi connectivity index (χ0v) is 16.0. The van der Waals surface area contributed by atoms with Gasteiger partial charge >= 0.3 is 0 Å². The average Bonchev–Trinajstić information content (AvgIpc) is 2.87. The molecule has 0 saturated heterocycles. The van der Waals surface area contributed by atoms with Crippen LogP contribution < -0.4 is 10.0 Å². The van der Waals surface area contributed by atoms with Crippen LogP contribution in [-0.4, -0.2) is 16.5 Å². The van der Waals surface area contributed by atoms with Gasteiger partial charge in [0, 0.05) is 30.5 Å². The molecule has 2 atom stereocenters. The molecule has 0 fully saturated rings. The van der Waals surface area contributed by atoms with Gasteiger partial charge in [-0.05, 0) is 35.0 Å². The van der Waals surface area contributed by atoms with Gasteiger partial charge < -0.3 is 9.88 Å². The van der Waals surface area contributed by atoms with Crippen molar-refractivity contribution in [2.24, 2.45) is 13.0 Å². The van der Waals surface area contributed by atoms with E-state index in [-0.39, 0.29) is 17.5 Å². The first-order chi connectivity index (χ1) is 12.8. The Bertz CT molecular complexity index is 1000. The quantitative estimate of drug-likeness (QED) is 0.754. The number of carbonyl (C=O) groups excluding carboxylic acids is 1. The van der Waals surface area contributed by atoms with Gasteiger partial charge in [-0.3, -0.25) is 9.57 Å². The van der Waals surface area contributed by atoms with Crippen LogP contribution in [0.5, 0.6) is 0 Å². The van der Waals surface area contributed by atoms with Gasteiger partial charge in [0.05, 0.1) is 10.5 Å². The van der Waals surface area contributed by atoms with Crippen molar-refractivity contribution in [2.45, 2.75) is 24.8 Å². The Morgan fingerprint density at radius 3 is 2.89 bits per heavy atom. The summed E-state index contributed by atoms with van der Waals surface area (Å²) >= 11 is 0. The lowest BCUT2D eigenvalue weighted by Gasteiger charge is -2.17.